The molecular weight excluding hydrogens is 453 g/mol. The van der Waals surface area contributed by atoms with Gasteiger partial charge >= 0.3 is 5.97 Å². The first-order valence-electron chi connectivity index (χ1n) is 8.51. The average molecular weight is 468 g/mol. The van der Waals surface area contributed by atoms with Gasteiger partial charge in [-0.25, -0.2) is 17.6 Å². The summed E-state index contributed by atoms with van der Waals surface area (Å²) in [6.45, 7) is 0.939. The molecule has 0 bridgehead atoms. The quantitative estimate of drug-likeness (QED) is 0.402. The van der Waals surface area contributed by atoms with Crippen molar-refractivity contribution in [2.75, 3.05) is 11.3 Å². The van der Waals surface area contributed by atoms with Gasteiger partial charge in [-0.2, -0.15) is 0 Å². The summed E-state index contributed by atoms with van der Waals surface area (Å²) in [5.74, 6) is -1.87. The van der Waals surface area contributed by atoms with Crippen LogP contribution in [0.2, 0.25) is 4.34 Å². The fourth-order valence-corrected chi connectivity index (χ4v) is 4.88. The van der Waals surface area contributed by atoms with Crippen molar-refractivity contribution in [2.24, 2.45) is 0 Å². The zero-order valence-electron chi connectivity index (χ0n) is 15.5. The van der Waals surface area contributed by atoms with Gasteiger partial charge in [0.05, 0.1) is 25.4 Å². The summed E-state index contributed by atoms with van der Waals surface area (Å²) in [6.07, 6.45) is 0. The summed E-state index contributed by atoms with van der Waals surface area (Å²) in [4.78, 5) is 24.8. The average Bonchev–Trinajstić information content (AvgIpc) is 3.12. The maximum atomic E-state index is 13.3. The van der Waals surface area contributed by atoms with Gasteiger partial charge in [-0.1, -0.05) is 23.7 Å². The van der Waals surface area contributed by atoms with E-state index in [1.807, 2.05) is 0 Å². The van der Waals surface area contributed by atoms with E-state index in [-0.39, 0.29) is 21.7 Å². The van der Waals surface area contributed by atoms with Crippen LogP contribution in [0.1, 0.15) is 25.6 Å². The van der Waals surface area contributed by atoms with Gasteiger partial charge in [-0.05, 0) is 55.0 Å². The number of ether oxygens (including phenoxy) is 1. The monoisotopic (exact) mass is 467 g/mol. The molecule has 0 aliphatic carbocycles. The number of hydrogen-bond donors (Lipinski definition) is 1. The van der Waals surface area contributed by atoms with Crippen LogP contribution in [0, 0.1) is 12.7 Å². The molecule has 3 aromatic rings. The Morgan fingerprint density at radius 1 is 1.13 bits per heavy atom. The highest BCUT2D eigenvalue weighted by molar-refractivity contribution is 7.92. The zero-order valence-corrected chi connectivity index (χ0v) is 17.9. The van der Waals surface area contributed by atoms with Gasteiger partial charge in [0.1, 0.15) is 5.82 Å². The van der Waals surface area contributed by atoms with E-state index < -0.39 is 34.2 Å². The molecule has 1 N–H and O–H groups in total. The Morgan fingerprint density at radius 3 is 2.53 bits per heavy atom. The van der Waals surface area contributed by atoms with E-state index in [9.17, 15) is 22.4 Å². The number of thiophene rings is 1. The molecule has 0 spiro atoms. The number of carbonyl (C=O) groups excluding carboxylic acids is 2. The lowest BCUT2D eigenvalue weighted by Crippen LogP contribution is -2.19. The Bertz CT molecular complexity index is 1220. The number of ketones is 1. The first-order valence-corrected chi connectivity index (χ1v) is 11.2. The SMILES string of the molecule is Cc1cc(F)ccc1S(=O)(=O)Nc1ccccc1C(=O)OCC(=O)c1ccc(Cl)s1. The third-order valence-corrected chi connectivity index (χ3v) is 6.80. The fourth-order valence-electron chi connectivity index (χ4n) is 2.61. The van der Waals surface area contributed by atoms with Gasteiger partial charge < -0.3 is 4.74 Å². The van der Waals surface area contributed by atoms with Crippen molar-refractivity contribution in [3.05, 3.63) is 80.8 Å². The molecule has 1 heterocycles. The van der Waals surface area contributed by atoms with Crippen molar-refractivity contribution >= 4 is 50.4 Å². The molecule has 0 unspecified atom stereocenters. The topological polar surface area (TPSA) is 89.5 Å². The van der Waals surface area contributed by atoms with Crippen molar-refractivity contribution in [3.8, 4) is 0 Å². The number of rotatable bonds is 7. The van der Waals surface area contributed by atoms with Gasteiger partial charge in [0.15, 0.2) is 6.61 Å². The van der Waals surface area contributed by atoms with Crippen molar-refractivity contribution in [1.29, 1.82) is 0 Å². The molecular formula is C20H15ClFNO5S2. The molecule has 2 aromatic carbocycles. The summed E-state index contributed by atoms with van der Waals surface area (Å²) in [6, 6.07) is 12.2. The summed E-state index contributed by atoms with van der Waals surface area (Å²) < 4.78 is 46.5. The second kappa shape index (κ2) is 8.95. The van der Waals surface area contributed by atoms with Crippen LogP contribution in [0.25, 0.3) is 0 Å². The van der Waals surface area contributed by atoms with Gasteiger partial charge in [-0.15, -0.1) is 11.3 Å². The first-order chi connectivity index (χ1) is 14.2. The molecule has 0 saturated carbocycles. The number of aryl methyl sites for hydroxylation is 1. The zero-order chi connectivity index (χ0) is 21.9. The van der Waals surface area contributed by atoms with Crippen molar-refractivity contribution < 1.29 is 27.1 Å². The Labute approximate surface area is 181 Å². The number of nitrogens with one attached hydrogen (secondary N) is 1. The Hall–Kier alpha value is -2.75. The molecule has 10 heteroatoms. The highest BCUT2D eigenvalue weighted by Crippen LogP contribution is 2.24. The molecule has 0 aliphatic heterocycles. The number of halogens is 2. The van der Waals surface area contributed by atoms with Gasteiger partial charge in [0.25, 0.3) is 10.0 Å². The number of anilines is 1. The van der Waals surface area contributed by atoms with Crippen LogP contribution in [-0.4, -0.2) is 26.8 Å². The van der Waals surface area contributed by atoms with E-state index in [0.717, 1.165) is 29.5 Å². The minimum atomic E-state index is -4.09. The number of hydrogen-bond acceptors (Lipinski definition) is 6. The second-order valence-corrected chi connectivity index (χ2v) is 9.53. The highest BCUT2D eigenvalue weighted by atomic mass is 35.5. The molecule has 6 nitrogen and oxygen atoms in total. The lowest BCUT2D eigenvalue weighted by molar-refractivity contribution is 0.0477. The molecule has 0 aliphatic rings. The minimum Gasteiger partial charge on any atom is -0.454 e. The maximum Gasteiger partial charge on any atom is 0.340 e. The summed E-state index contributed by atoms with van der Waals surface area (Å²) in [7, 11) is -4.09. The van der Waals surface area contributed by atoms with Crippen LogP contribution in [0.4, 0.5) is 10.1 Å². The second-order valence-electron chi connectivity index (χ2n) is 6.16. The van der Waals surface area contributed by atoms with Crippen molar-refractivity contribution in [3.63, 3.8) is 0 Å². The Morgan fingerprint density at radius 2 is 1.87 bits per heavy atom. The van der Waals surface area contributed by atoms with E-state index in [2.05, 4.69) is 4.72 Å². The number of carbonyl (C=O) groups is 2. The molecule has 0 atom stereocenters. The van der Waals surface area contributed by atoms with Crippen LogP contribution < -0.4 is 4.72 Å². The van der Waals surface area contributed by atoms with Gasteiger partial charge in [0.2, 0.25) is 5.78 Å². The molecule has 0 amide bonds. The van der Waals surface area contributed by atoms with E-state index in [1.165, 1.54) is 37.3 Å². The summed E-state index contributed by atoms with van der Waals surface area (Å²) >= 11 is 6.85. The lowest BCUT2D eigenvalue weighted by atomic mass is 10.2. The van der Waals surface area contributed by atoms with Crippen LogP contribution in [-0.2, 0) is 14.8 Å². The highest BCUT2D eigenvalue weighted by Gasteiger charge is 2.22. The summed E-state index contributed by atoms with van der Waals surface area (Å²) in [5.41, 5.74) is 0.110. The predicted octanol–water partition coefficient (Wildman–Crippen LogP) is 4.69. The third kappa shape index (κ3) is 5.05. The fraction of sp³-hybridized carbons (Fsp3) is 0.100. The Kier molecular flexibility index (Phi) is 6.55. The smallest absolute Gasteiger partial charge is 0.340 e. The van der Waals surface area contributed by atoms with Crippen LogP contribution in [0.15, 0.2) is 59.5 Å². The van der Waals surface area contributed by atoms with E-state index >= 15 is 0 Å². The number of para-hydroxylation sites is 1. The Balaban J connectivity index is 1.78. The van der Waals surface area contributed by atoms with Gasteiger partial charge in [-0.3, -0.25) is 9.52 Å². The molecule has 3 rings (SSSR count). The molecule has 0 saturated heterocycles. The maximum absolute atomic E-state index is 13.3. The third-order valence-electron chi connectivity index (χ3n) is 4.00. The lowest BCUT2D eigenvalue weighted by Gasteiger charge is -2.13. The van der Waals surface area contributed by atoms with E-state index in [4.69, 9.17) is 16.3 Å². The first kappa shape index (κ1) is 21.9. The molecule has 0 fully saturated rings. The summed E-state index contributed by atoms with van der Waals surface area (Å²) in [5, 5.41) is 0. The van der Waals surface area contributed by atoms with Crippen molar-refractivity contribution in [1.82, 2.24) is 0 Å². The standard InChI is InChI=1S/C20H15ClFNO5S2/c1-12-10-13(22)6-8-18(12)30(26,27)23-15-5-3-2-4-14(15)20(25)28-11-16(24)17-7-9-19(21)29-17/h2-10,23H,11H2,1H3. The molecule has 1 aromatic heterocycles. The van der Waals surface area contributed by atoms with Crippen molar-refractivity contribution in [2.45, 2.75) is 11.8 Å². The normalized spacial score (nSPS) is 11.2. The van der Waals surface area contributed by atoms with Crippen LogP contribution in [0.3, 0.4) is 0 Å². The molecule has 30 heavy (non-hydrogen) atoms. The van der Waals surface area contributed by atoms with E-state index in [1.54, 1.807) is 6.07 Å². The van der Waals surface area contributed by atoms with E-state index in [0.29, 0.717) is 9.21 Å². The molecule has 156 valence electrons. The molecule has 0 radical (unpaired) electrons. The largest absolute Gasteiger partial charge is 0.454 e. The number of Topliss-reactive ketones (excluding diaryl/α,β-unsaturated/α-hetero) is 1. The van der Waals surface area contributed by atoms with Crippen LogP contribution >= 0.6 is 22.9 Å². The van der Waals surface area contributed by atoms with Crippen LogP contribution in [0.5, 0.6) is 0 Å². The van der Waals surface area contributed by atoms with Gasteiger partial charge in [0, 0.05) is 0 Å². The predicted molar refractivity (Wildman–Crippen MR) is 112 cm³/mol. The minimum absolute atomic E-state index is 0.0298. The number of benzene rings is 2. The number of esters is 1. The number of sulfonamides is 1.